The molecule has 2 N–H and O–H groups in total. The third-order valence-electron chi connectivity index (χ3n) is 3.64. The van der Waals surface area contributed by atoms with Crippen molar-refractivity contribution in [2.45, 2.75) is 0 Å². The first kappa shape index (κ1) is 18.4. The molecule has 1 heterocycles. The molecule has 9 nitrogen and oxygen atoms in total. The molecule has 0 saturated heterocycles. The molecule has 0 aliphatic carbocycles. The molecule has 2 aromatic carbocycles. The summed E-state index contributed by atoms with van der Waals surface area (Å²) in [6.45, 7) is 0. The van der Waals surface area contributed by atoms with Crippen molar-refractivity contribution in [2.24, 2.45) is 5.10 Å². The van der Waals surface area contributed by atoms with Crippen molar-refractivity contribution in [1.29, 1.82) is 0 Å². The van der Waals surface area contributed by atoms with Gasteiger partial charge >= 0.3 is 6.03 Å². The van der Waals surface area contributed by atoms with Crippen molar-refractivity contribution >= 4 is 40.7 Å². The fourth-order valence-electron chi connectivity index (χ4n) is 2.37. The van der Waals surface area contributed by atoms with Crippen molar-refractivity contribution in [1.82, 2.24) is 14.2 Å². The second-order valence-corrected chi connectivity index (χ2v) is 5.74. The summed E-state index contributed by atoms with van der Waals surface area (Å²) in [5.74, 6) is 1.58. The molecule has 0 unspecified atom stereocenters. The summed E-state index contributed by atoms with van der Waals surface area (Å²) < 4.78 is 24.1. The molecule has 0 aliphatic rings. The molecule has 27 heavy (non-hydrogen) atoms. The van der Waals surface area contributed by atoms with Gasteiger partial charge in [0, 0.05) is 11.6 Å². The van der Waals surface area contributed by atoms with Gasteiger partial charge in [0.1, 0.15) is 16.8 Å². The minimum absolute atomic E-state index is 0.508. The van der Waals surface area contributed by atoms with Gasteiger partial charge in [0.2, 0.25) is 0 Å². The molecule has 1 aromatic heterocycles. The maximum absolute atomic E-state index is 12.1. The van der Waals surface area contributed by atoms with Crippen LogP contribution in [0.15, 0.2) is 35.4 Å². The van der Waals surface area contributed by atoms with E-state index in [2.05, 4.69) is 24.6 Å². The molecular formula is C17H17N5O4S. The number of amides is 2. The van der Waals surface area contributed by atoms with Crippen LogP contribution in [-0.2, 0) is 0 Å². The lowest BCUT2D eigenvalue weighted by Crippen LogP contribution is -2.24. The average Bonchev–Trinajstić information content (AvgIpc) is 3.17. The van der Waals surface area contributed by atoms with Crippen molar-refractivity contribution in [2.75, 3.05) is 26.6 Å². The van der Waals surface area contributed by atoms with Gasteiger partial charge in [-0.25, -0.2) is 10.2 Å². The van der Waals surface area contributed by atoms with Gasteiger partial charge in [0.05, 0.1) is 45.0 Å². The van der Waals surface area contributed by atoms with Crippen LogP contribution in [0.25, 0.3) is 11.0 Å². The number of ether oxygens (including phenoxy) is 3. The number of hydrogen-bond donors (Lipinski definition) is 2. The molecule has 0 saturated carbocycles. The number of benzene rings is 2. The molecule has 0 atom stereocenters. The van der Waals surface area contributed by atoms with Crippen LogP contribution in [0.1, 0.15) is 5.56 Å². The maximum atomic E-state index is 12.1. The Bertz CT molecular complexity index is 989. The van der Waals surface area contributed by atoms with Crippen molar-refractivity contribution < 1.29 is 19.0 Å². The van der Waals surface area contributed by atoms with Gasteiger partial charge in [-0.15, -0.1) is 0 Å². The Morgan fingerprint density at radius 1 is 1.07 bits per heavy atom. The number of fused-ring (bicyclic) bond motifs is 1. The first-order valence-corrected chi connectivity index (χ1v) is 8.50. The van der Waals surface area contributed by atoms with Crippen LogP contribution in [0.3, 0.4) is 0 Å². The second-order valence-electron chi connectivity index (χ2n) is 5.21. The summed E-state index contributed by atoms with van der Waals surface area (Å²) in [5, 5.41) is 6.64. The number of hydrazone groups is 1. The number of aromatic nitrogens is 2. The zero-order chi connectivity index (χ0) is 19.2. The standard InChI is InChI=1S/C17H17N5O4S/c1-24-13-8-15(26-3)14(25-2)7-10(13)9-18-20-17(23)19-11-5-4-6-12-16(11)22-27-21-12/h4-9H,1-3H3,(H2,19,20,23)/b18-9+. The van der Waals surface area contributed by atoms with E-state index in [1.165, 1.54) is 27.5 Å². The van der Waals surface area contributed by atoms with Gasteiger partial charge in [-0.05, 0) is 18.2 Å². The van der Waals surface area contributed by atoms with Crippen molar-refractivity contribution in [3.63, 3.8) is 0 Å². The number of nitrogens with one attached hydrogen (secondary N) is 2. The lowest BCUT2D eigenvalue weighted by Gasteiger charge is -2.11. The van der Waals surface area contributed by atoms with Gasteiger partial charge in [-0.3, -0.25) is 0 Å². The van der Waals surface area contributed by atoms with Gasteiger partial charge < -0.3 is 19.5 Å². The fraction of sp³-hybridized carbons (Fsp3) is 0.176. The Morgan fingerprint density at radius 3 is 2.56 bits per heavy atom. The van der Waals surface area contributed by atoms with Crippen LogP contribution >= 0.6 is 11.7 Å². The van der Waals surface area contributed by atoms with Crippen molar-refractivity contribution in [3.8, 4) is 17.2 Å². The molecule has 0 aliphatic heterocycles. The largest absolute Gasteiger partial charge is 0.496 e. The third kappa shape index (κ3) is 4.06. The number of carbonyl (C=O) groups is 1. The molecule has 0 radical (unpaired) electrons. The molecule has 0 fully saturated rings. The van der Waals surface area contributed by atoms with Crippen LogP contribution in [0.4, 0.5) is 10.5 Å². The predicted molar refractivity (Wildman–Crippen MR) is 103 cm³/mol. The Morgan fingerprint density at radius 2 is 1.81 bits per heavy atom. The van der Waals surface area contributed by atoms with Gasteiger partial charge in [0.25, 0.3) is 0 Å². The van der Waals surface area contributed by atoms with E-state index >= 15 is 0 Å². The van der Waals surface area contributed by atoms with Crippen LogP contribution in [0.5, 0.6) is 17.2 Å². The van der Waals surface area contributed by atoms with Crippen LogP contribution < -0.4 is 25.0 Å². The van der Waals surface area contributed by atoms with Crippen LogP contribution in [-0.4, -0.2) is 42.3 Å². The predicted octanol–water partition coefficient (Wildman–Crippen LogP) is 2.87. The lowest BCUT2D eigenvalue weighted by molar-refractivity contribution is 0.252. The molecule has 0 bridgehead atoms. The van der Waals surface area contributed by atoms with Crippen LogP contribution in [0.2, 0.25) is 0 Å². The second kappa shape index (κ2) is 8.32. The molecule has 3 rings (SSSR count). The Balaban J connectivity index is 1.71. The summed E-state index contributed by atoms with van der Waals surface area (Å²) in [5.41, 5.74) is 4.91. The molecule has 2 amide bonds. The zero-order valence-corrected chi connectivity index (χ0v) is 15.7. The number of hydrogen-bond acceptors (Lipinski definition) is 8. The number of urea groups is 1. The normalized spacial score (nSPS) is 10.8. The minimum Gasteiger partial charge on any atom is -0.496 e. The summed E-state index contributed by atoms with van der Waals surface area (Å²) in [7, 11) is 4.60. The number of carbonyl (C=O) groups excluding carboxylic acids is 1. The summed E-state index contributed by atoms with van der Waals surface area (Å²) in [6.07, 6.45) is 1.45. The number of rotatable bonds is 6. The molecule has 140 valence electrons. The van der Waals surface area contributed by atoms with Gasteiger partial charge in [-0.2, -0.15) is 13.8 Å². The van der Waals surface area contributed by atoms with E-state index in [0.717, 1.165) is 17.2 Å². The molecular weight excluding hydrogens is 370 g/mol. The highest BCUT2D eigenvalue weighted by Crippen LogP contribution is 2.33. The maximum Gasteiger partial charge on any atom is 0.339 e. The monoisotopic (exact) mass is 387 g/mol. The topological polar surface area (TPSA) is 107 Å². The van der Waals surface area contributed by atoms with E-state index in [-0.39, 0.29) is 0 Å². The highest BCUT2D eigenvalue weighted by molar-refractivity contribution is 7.00. The Hall–Kier alpha value is -3.40. The lowest BCUT2D eigenvalue weighted by atomic mass is 10.2. The van der Waals surface area contributed by atoms with E-state index in [1.807, 2.05) is 6.07 Å². The average molecular weight is 387 g/mol. The first-order chi connectivity index (χ1) is 13.2. The van der Waals surface area contributed by atoms with E-state index in [9.17, 15) is 4.79 Å². The summed E-state index contributed by atoms with van der Waals surface area (Å²) >= 11 is 1.08. The summed E-state index contributed by atoms with van der Waals surface area (Å²) in [4.78, 5) is 12.1. The zero-order valence-electron chi connectivity index (χ0n) is 14.8. The van der Waals surface area contributed by atoms with E-state index in [1.54, 1.807) is 24.3 Å². The highest BCUT2D eigenvalue weighted by Gasteiger charge is 2.11. The van der Waals surface area contributed by atoms with E-state index < -0.39 is 6.03 Å². The molecule has 0 spiro atoms. The number of methoxy groups -OCH3 is 3. The number of nitrogens with zero attached hydrogens (tertiary/aromatic N) is 3. The Labute approximate surface area is 159 Å². The summed E-state index contributed by atoms with van der Waals surface area (Å²) in [6, 6.07) is 8.22. The quantitative estimate of drug-likeness (QED) is 0.497. The van der Waals surface area contributed by atoms with E-state index in [4.69, 9.17) is 14.2 Å². The number of anilines is 1. The first-order valence-electron chi connectivity index (χ1n) is 7.77. The third-order valence-corrected chi connectivity index (χ3v) is 4.18. The smallest absolute Gasteiger partial charge is 0.339 e. The van der Waals surface area contributed by atoms with E-state index in [0.29, 0.717) is 34.0 Å². The fourth-order valence-corrected chi connectivity index (χ4v) is 2.92. The van der Waals surface area contributed by atoms with Crippen LogP contribution in [0, 0.1) is 0 Å². The SMILES string of the molecule is COc1cc(OC)c(OC)cc1/C=N/NC(=O)Nc1cccc2nsnc12. The van der Waals surface area contributed by atoms with Gasteiger partial charge in [0.15, 0.2) is 11.5 Å². The molecule has 10 heteroatoms. The molecule has 3 aromatic rings. The Kier molecular flexibility index (Phi) is 5.67. The highest BCUT2D eigenvalue weighted by atomic mass is 32.1. The minimum atomic E-state index is -0.508. The van der Waals surface area contributed by atoms with Crippen molar-refractivity contribution in [3.05, 3.63) is 35.9 Å². The van der Waals surface area contributed by atoms with Gasteiger partial charge in [-0.1, -0.05) is 6.07 Å².